The molecule has 1 aromatic heterocycles. The van der Waals surface area contributed by atoms with Gasteiger partial charge in [0.15, 0.2) is 0 Å². The van der Waals surface area contributed by atoms with Crippen molar-refractivity contribution in [3.63, 3.8) is 0 Å². The van der Waals surface area contributed by atoms with E-state index in [4.69, 9.17) is 11.6 Å². The van der Waals surface area contributed by atoms with Crippen molar-refractivity contribution in [3.05, 3.63) is 70.0 Å². The Morgan fingerprint density at radius 2 is 1.82 bits per heavy atom. The van der Waals surface area contributed by atoms with Crippen LogP contribution >= 0.6 is 22.9 Å². The molecule has 0 saturated carbocycles. The van der Waals surface area contributed by atoms with Crippen molar-refractivity contribution in [3.8, 4) is 0 Å². The Kier molecular flexibility index (Phi) is 4.51. The van der Waals surface area contributed by atoms with Crippen LogP contribution in [0.2, 0.25) is 0 Å². The summed E-state index contributed by atoms with van der Waals surface area (Å²) in [4.78, 5) is 0.835. The fourth-order valence-electron chi connectivity index (χ4n) is 2.06. The van der Waals surface area contributed by atoms with Crippen LogP contribution in [0.4, 0.5) is 0 Å². The van der Waals surface area contributed by atoms with Crippen LogP contribution in [0.1, 0.15) is 5.56 Å². The molecule has 1 heterocycles. The Morgan fingerprint density at radius 3 is 2.59 bits per heavy atom. The van der Waals surface area contributed by atoms with E-state index in [0.717, 1.165) is 15.9 Å². The molecule has 0 N–H and O–H groups in total. The summed E-state index contributed by atoms with van der Waals surface area (Å²) >= 11 is 7.75. The second-order valence-corrected chi connectivity index (χ2v) is 6.14. The third-order valence-corrected chi connectivity index (χ3v) is 4.45. The molecule has 0 spiro atoms. The first-order chi connectivity index (χ1) is 10.7. The van der Waals surface area contributed by atoms with Crippen LogP contribution in [0.15, 0.2) is 69.8 Å². The minimum Gasteiger partial charge on any atom is -0.318 e. The van der Waals surface area contributed by atoms with Gasteiger partial charge in [0.05, 0.1) is 21.5 Å². The topological polar surface area (TPSA) is 29.6 Å². The number of fused-ring (bicyclic) bond motifs is 1. The maximum atomic E-state index is 6.15. The molecule has 2 aromatic carbocycles. The molecule has 0 radical (unpaired) electrons. The highest BCUT2D eigenvalue weighted by atomic mass is 35.5. The lowest BCUT2D eigenvalue weighted by Gasteiger charge is -1.93. The molecule has 3 nitrogen and oxygen atoms in total. The number of hydrogen-bond donors (Lipinski definition) is 0. The lowest BCUT2D eigenvalue weighted by Crippen LogP contribution is -2.08. The van der Waals surface area contributed by atoms with Crippen LogP contribution < -0.4 is 4.80 Å². The third kappa shape index (κ3) is 3.35. The van der Waals surface area contributed by atoms with Gasteiger partial charge in [0.1, 0.15) is 0 Å². The number of aromatic nitrogens is 1. The highest BCUT2D eigenvalue weighted by Gasteiger charge is 2.00. The Bertz CT molecular complexity index is 904. The van der Waals surface area contributed by atoms with Crippen molar-refractivity contribution in [1.82, 2.24) is 4.57 Å². The van der Waals surface area contributed by atoms with E-state index in [2.05, 4.69) is 22.3 Å². The first-order valence-corrected chi connectivity index (χ1v) is 7.97. The standard InChI is InChI=1S/C17H14ClN3S/c1-21-15-9-5-6-10-16(15)22-17(21)20-19-12-14(18)11-13-7-3-2-4-8-13/h2-12H,1H3. The molecule has 0 bridgehead atoms. The smallest absolute Gasteiger partial charge is 0.211 e. The summed E-state index contributed by atoms with van der Waals surface area (Å²) in [5.41, 5.74) is 2.18. The van der Waals surface area contributed by atoms with Gasteiger partial charge in [-0.3, -0.25) is 0 Å². The van der Waals surface area contributed by atoms with E-state index in [-0.39, 0.29) is 0 Å². The largest absolute Gasteiger partial charge is 0.318 e. The number of thiazole rings is 1. The van der Waals surface area contributed by atoms with Crippen molar-refractivity contribution in [2.75, 3.05) is 0 Å². The predicted molar refractivity (Wildman–Crippen MR) is 95.1 cm³/mol. The van der Waals surface area contributed by atoms with Crippen LogP contribution in [0, 0.1) is 0 Å². The molecule has 0 amide bonds. The van der Waals surface area contributed by atoms with E-state index < -0.39 is 0 Å². The van der Waals surface area contributed by atoms with Crippen LogP contribution in [-0.4, -0.2) is 10.8 Å². The lowest BCUT2D eigenvalue weighted by molar-refractivity contribution is 0.889. The van der Waals surface area contributed by atoms with Gasteiger partial charge in [0.2, 0.25) is 4.80 Å². The van der Waals surface area contributed by atoms with E-state index in [9.17, 15) is 0 Å². The minimum atomic E-state index is 0.540. The van der Waals surface area contributed by atoms with Gasteiger partial charge in [0.25, 0.3) is 0 Å². The number of aryl methyl sites for hydroxylation is 1. The molecule has 110 valence electrons. The third-order valence-electron chi connectivity index (χ3n) is 3.14. The molecule has 0 fully saturated rings. The van der Waals surface area contributed by atoms with Crippen LogP contribution in [0.25, 0.3) is 16.3 Å². The van der Waals surface area contributed by atoms with Gasteiger partial charge >= 0.3 is 0 Å². The van der Waals surface area contributed by atoms with E-state index in [1.165, 1.54) is 4.70 Å². The number of halogens is 1. The lowest BCUT2D eigenvalue weighted by atomic mass is 10.2. The number of benzene rings is 2. The fraction of sp³-hybridized carbons (Fsp3) is 0.0588. The molecule has 0 unspecified atom stereocenters. The summed E-state index contributed by atoms with van der Waals surface area (Å²) < 4.78 is 3.21. The second kappa shape index (κ2) is 6.73. The van der Waals surface area contributed by atoms with Crippen molar-refractivity contribution in [2.24, 2.45) is 17.3 Å². The van der Waals surface area contributed by atoms with E-state index >= 15 is 0 Å². The summed E-state index contributed by atoms with van der Waals surface area (Å²) in [5.74, 6) is 0. The minimum absolute atomic E-state index is 0.540. The van der Waals surface area contributed by atoms with E-state index in [0.29, 0.717) is 5.03 Å². The Balaban J connectivity index is 1.86. The normalized spacial score (nSPS) is 13.4. The average Bonchev–Trinajstić information content (AvgIpc) is 2.85. The van der Waals surface area contributed by atoms with E-state index in [1.54, 1.807) is 17.6 Å². The molecular formula is C17H14ClN3S. The number of hydrogen-bond acceptors (Lipinski definition) is 3. The molecule has 0 aliphatic rings. The molecule has 0 aliphatic heterocycles. The van der Waals surface area contributed by atoms with E-state index in [1.807, 2.05) is 60.2 Å². The van der Waals surface area contributed by atoms with Gasteiger partial charge in [0, 0.05) is 7.05 Å². The van der Waals surface area contributed by atoms with Gasteiger partial charge in [-0.15, -0.1) is 5.10 Å². The van der Waals surface area contributed by atoms with Crippen LogP contribution in [0.5, 0.6) is 0 Å². The average molecular weight is 328 g/mol. The molecule has 5 heteroatoms. The number of allylic oxidation sites excluding steroid dienone is 1. The van der Waals surface area contributed by atoms with Crippen molar-refractivity contribution in [2.45, 2.75) is 0 Å². The van der Waals surface area contributed by atoms with Crippen LogP contribution in [0.3, 0.4) is 0 Å². The van der Waals surface area contributed by atoms with Crippen molar-refractivity contribution < 1.29 is 0 Å². The maximum Gasteiger partial charge on any atom is 0.211 e. The highest BCUT2D eigenvalue weighted by Crippen LogP contribution is 2.15. The predicted octanol–water partition coefficient (Wildman–Crippen LogP) is 4.41. The Labute approximate surface area is 137 Å². The van der Waals surface area contributed by atoms with Gasteiger partial charge in [-0.2, -0.15) is 5.10 Å². The number of para-hydroxylation sites is 1. The molecular weight excluding hydrogens is 314 g/mol. The second-order valence-electron chi connectivity index (χ2n) is 4.70. The first-order valence-electron chi connectivity index (χ1n) is 6.78. The SMILES string of the molecule is Cn1c(=NN=CC(Cl)=Cc2ccccc2)sc2ccccc21. The van der Waals surface area contributed by atoms with Gasteiger partial charge in [-0.05, 0) is 23.8 Å². The van der Waals surface area contributed by atoms with Crippen molar-refractivity contribution in [1.29, 1.82) is 0 Å². The molecule has 22 heavy (non-hydrogen) atoms. The summed E-state index contributed by atoms with van der Waals surface area (Å²) in [7, 11) is 1.98. The summed E-state index contributed by atoms with van der Waals surface area (Å²) in [6.45, 7) is 0. The molecule has 0 atom stereocenters. The first kappa shape index (κ1) is 14.8. The monoisotopic (exact) mass is 327 g/mol. The summed E-state index contributed by atoms with van der Waals surface area (Å²) in [6, 6.07) is 18.0. The highest BCUT2D eigenvalue weighted by molar-refractivity contribution is 7.16. The van der Waals surface area contributed by atoms with Gasteiger partial charge in [-0.25, -0.2) is 0 Å². The quantitative estimate of drug-likeness (QED) is 0.504. The molecule has 0 saturated heterocycles. The number of nitrogens with zero attached hydrogens (tertiary/aromatic N) is 3. The molecule has 0 aliphatic carbocycles. The number of rotatable bonds is 3. The van der Waals surface area contributed by atoms with Crippen molar-refractivity contribution >= 4 is 45.4 Å². The van der Waals surface area contributed by atoms with Crippen LogP contribution in [-0.2, 0) is 7.05 Å². The molecule has 3 aromatic rings. The zero-order chi connectivity index (χ0) is 15.4. The Morgan fingerprint density at radius 1 is 1.09 bits per heavy atom. The summed E-state index contributed by atoms with van der Waals surface area (Å²) in [5, 5.41) is 8.87. The fourth-order valence-corrected chi connectivity index (χ4v) is 3.20. The summed E-state index contributed by atoms with van der Waals surface area (Å²) in [6.07, 6.45) is 3.41. The zero-order valence-corrected chi connectivity index (χ0v) is 13.6. The maximum absolute atomic E-state index is 6.15. The molecule has 3 rings (SSSR count). The van der Waals surface area contributed by atoms with Gasteiger partial charge < -0.3 is 4.57 Å². The zero-order valence-electron chi connectivity index (χ0n) is 12.0. The van der Waals surface area contributed by atoms with Gasteiger partial charge in [-0.1, -0.05) is 65.4 Å². The Hall–Kier alpha value is -2.17.